The highest BCUT2D eigenvalue weighted by Crippen LogP contribution is 2.33. The highest BCUT2D eigenvalue weighted by atomic mass is 35.5. The highest BCUT2D eigenvalue weighted by Gasteiger charge is 2.25. The molecule has 16 heavy (non-hydrogen) atoms. The second kappa shape index (κ2) is 4.80. The standard InChI is InChI=1S/C9H9ClN2O4/c1-16-8-3-5(11)2-6(7(13)4-10)9(8)12(14)15/h2-3H,4,11H2,1H3. The van der Waals surface area contributed by atoms with Crippen LogP contribution in [0, 0.1) is 10.1 Å². The number of Topliss-reactive ketones (excluding diaryl/α,β-unsaturated/α-hetero) is 1. The lowest BCUT2D eigenvalue weighted by Crippen LogP contribution is -2.07. The Morgan fingerprint density at radius 1 is 1.62 bits per heavy atom. The Labute approximate surface area is 96.1 Å². The Hall–Kier alpha value is -1.82. The number of nitrogens with zero attached hydrogens (tertiary/aromatic N) is 1. The van der Waals surface area contributed by atoms with Gasteiger partial charge in [0.2, 0.25) is 0 Å². The summed E-state index contributed by atoms with van der Waals surface area (Å²) in [5.74, 6) is -0.981. The van der Waals surface area contributed by atoms with E-state index in [1.807, 2.05) is 0 Å². The number of nitrogen functional groups attached to an aromatic ring is 1. The zero-order chi connectivity index (χ0) is 12.3. The van der Waals surface area contributed by atoms with Gasteiger partial charge in [0, 0.05) is 11.8 Å². The van der Waals surface area contributed by atoms with Crippen LogP contribution in [0.25, 0.3) is 0 Å². The molecule has 0 saturated carbocycles. The summed E-state index contributed by atoms with van der Waals surface area (Å²) in [4.78, 5) is 21.5. The first-order valence-electron chi connectivity index (χ1n) is 4.22. The minimum absolute atomic E-state index is 0.0570. The number of methoxy groups -OCH3 is 1. The molecule has 0 unspecified atom stereocenters. The monoisotopic (exact) mass is 244 g/mol. The van der Waals surface area contributed by atoms with Crippen molar-refractivity contribution < 1.29 is 14.5 Å². The van der Waals surface area contributed by atoms with Crippen molar-refractivity contribution >= 4 is 28.8 Å². The second-order valence-electron chi connectivity index (χ2n) is 2.93. The fraction of sp³-hybridized carbons (Fsp3) is 0.222. The number of carbonyl (C=O) groups is 1. The fourth-order valence-electron chi connectivity index (χ4n) is 1.26. The minimum Gasteiger partial charge on any atom is -0.490 e. The van der Waals surface area contributed by atoms with Crippen LogP contribution in [0.15, 0.2) is 12.1 Å². The van der Waals surface area contributed by atoms with Crippen molar-refractivity contribution in [2.75, 3.05) is 18.7 Å². The first-order valence-corrected chi connectivity index (χ1v) is 4.75. The van der Waals surface area contributed by atoms with E-state index in [2.05, 4.69) is 0 Å². The zero-order valence-corrected chi connectivity index (χ0v) is 9.15. The summed E-state index contributed by atoms with van der Waals surface area (Å²) >= 11 is 5.36. The summed E-state index contributed by atoms with van der Waals surface area (Å²) in [6.07, 6.45) is 0. The van der Waals surface area contributed by atoms with E-state index in [1.165, 1.54) is 19.2 Å². The average Bonchev–Trinajstić information content (AvgIpc) is 2.26. The SMILES string of the molecule is COc1cc(N)cc(C(=O)CCl)c1[N+](=O)[O-]. The van der Waals surface area contributed by atoms with Crippen molar-refractivity contribution in [2.24, 2.45) is 0 Å². The van der Waals surface area contributed by atoms with Crippen LogP contribution in [0.5, 0.6) is 5.75 Å². The molecule has 7 heteroatoms. The molecule has 0 aliphatic rings. The molecule has 86 valence electrons. The molecule has 1 rings (SSSR count). The average molecular weight is 245 g/mol. The Bertz CT molecular complexity index is 447. The fourth-order valence-corrected chi connectivity index (χ4v) is 1.40. The number of nitrogens with two attached hydrogens (primary N) is 1. The van der Waals surface area contributed by atoms with Crippen LogP contribution in [-0.4, -0.2) is 23.7 Å². The maximum Gasteiger partial charge on any atom is 0.321 e. The molecule has 0 aromatic heterocycles. The van der Waals surface area contributed by atoms with Gasteiger partial charge in [-0.3, -0.25) is 14.9 Å². The number of nitro groups is 1. The van der Waals surface area contributed by atoms with E-state index < -0.39 is 16.4 Å². The van der Waals surface area contributed by atoms with Gasteiger partial charge in [-0.15, -0.1) is 11.6 Å². The van der Waals surface area contributed by atoms with E-state index in [9.17, 15) is 14.9 Å². The summed E-state index contributed by atoms with van der Waals surface area (Å²) in [6.45, 7) is 0. The smallest absolute Gasteiger partial charge is 0.321 e. The quantitative estimate of drug-likeness (QED) is 0.285. The van der Waals surface area contributed by atoms with Crippen molar-refractivity contribution in [2.45, 2.75) is 0 Å². The number of halogens is 1. The number of rotatable bonds is 4. The lowest BCUT2D eigenvalue weighted by molar-refractivity contribution is -0.386. The topological polar surface area (TPSA) is 95.5 Å². The maximum absolute atomic E-state index is 11.4. The van der Waals surface area contributed by atoms with E-state index in [0.717, 1.165) is 0 Å². The molecule has 2 N–H and O–H groups in total. The number of ketones is 1. The van der Waals surface area contributed by atoms with Crippen molar-refractivity contribution in [1.82, 2.24) is 0 Å². The molecule has 0 heterocycles. The van der Waals surface area contributed by atoms with Gasteiger partial charge in [-0.2, -0.15) is 0 Å². The van der Waals surface area contributed by atoms with Gasteiger partial charge in [0.25, 0.3) is 0 Å². The van der Waals surface area contributed by atoms with Gasteiger partial charge in [0.15, 0.2) is 11.5 Å². The molecular formula is C9H9ClN2O4. The minimum atomic E-state index is -0.696. The number of carbonyl (C=O) groups excluding carboxylic acids is 1. The van der Waals surface area contributed by atoms with E-state index in [0.29, 0.717) is 0 Å². The maximum atomic E-state index is 11.4. The molecule has 0 spiro atoms. The number of benzene rings is 1. The largest absolute Gasteiger partial charge is 0.490 e. The van der Waals surface area contributed by atoms with Gasteiger partial charge in [0.05, 0.1) is 17.9 Å². The van der Waals surface area contributed by atoms with Crippen LogP contribution in [0.3, 0.4) is 0 Å². The van der Waals surface area contributed by atoms with Gasteiger partial charge in [-0.25, -0.2) is 0 Å². The predicted octanol–water partition coefficient (Wildman–Crippen LogP) is 1.61. The lowest BCUT2D eigenvalue weighted by atomic mass is 10.1. The third-order valence-electron chi connectivity index (χ3n) is 1.92. The molecule has 0 atom stereocenters. The van der Waals surface area contributed by atoms with Gasteiger partial charge in [-0.1, -0.05) is 0 Å². The molecule has 1 aromatic rings. The number of ether oxygens (including phenoxy) is 1. The molecule has 1 aromatic carbocycles. The third kappa shape index (κ3) is 2.22. The summed E-state index contributed by atoms with van der Waals surface area (Å²) in [7, 11) is 1.26. The Morgan fingerprint density at radius 3 is 2.69 bits per heavy atom. The molecule has 6 nitrogen and oxygen atoms in total. The Kier molecular flexibility index (Phi) is 3.68. The van der Waals surface area contributed by atoms with Gasteiger partial charge < -0.3 is 10.5 Å². The first kappa shape index (κ1) is 12.3. The molecular weight excluding hydrogens is 236 g/mol. The number of alkyl halides is 1. The van der Waals surface area contributed by atoms with Crippen molar-refractivity contribution in [1.29, 1.82) is 0 Å². The van der Waals surface area contributed by atoms with Crippen molar-refractivity contribution in [3.63, 3.8) is 0 Å². The van der Waals surface area contributed by atoms with E-state index in [-0.39, 0.29) is 22.9 Å². The second-order valence-corrected chi connectivity index (χ2v) is 3.20. The molecule has 0 amide bonds. The number of nitro benzene ring substituents is 1. The van der Waals surface area contributed by atoms with Crippen molar-refractivity contribution in [3.05, 3.63) is 27.8 Å². The van der Waals surface area contributed by atoms with Gasteiger partial charge in [0.1, 0.15) is 5.56 Å². The van der Waals surface area contributed by atoms with E-state index in [1.54, 1.807) is 0 Å². The lowest BCUT2D eigenvalue weighted by Gasteiger charge is -2.06. The van der Waals surface area contributed by atoms with Gasteiger partial charge in [-0.05, 0) is 6.07 Å². The molecule has 0 aliphatic heterocycles. The summed E-state index contributed by atoms with van der Waals surface area (Å²) in [5, 5.41) is 10.8. The Morgan fingerprint density at radius 2 is 2.25 bits per heavy atom. The van der Waals surface area contributed by atoms with E-state index in [4.69, 9.17) is 22.1 Å². The molecule has 0 radical (unpaired) electrons. The predicted molar refractivity (Wildman–Crippen MR) is 59.1 cm³/mol. The molecule has 0 aliphatic carbocycles. The molecule has 0 fully saturated rings. The van der Waals surface area contributed by atoms with Crippen LogP contribution >= 0.6 is 11.6 Å². The number of hydrogen-bond donors (Lipinski definition) is 1. The molecule has 0 bridgehead atoms. The number of anilines is 1. The normalized spacial score (nSPS) is 9.88. The van der Waals surface area contributed by atoms with Crippen LogP contribution < -0.4 is 10.5 Å². The van der Waals surface area contributed by atoms with Crippen molar-refractivity contribution in [3.8, 4) is 5.75 Å². The highest BCUT2D eigenvalue weighted by molar-refractivity contribution is 6.31. The summed E-state index contributed by atoms with van der Waals surface area (Å²) in [5.41, 5.74) is 5.15. The zero-order valence-electron chi connectivity index (χ0n) is 8.40. The van der Waals surface area contributed by atoms with Crippen LogP contribution in [-0.2, 0) is 0 Å². The van der Waals surface area contributed by atoms with Gasteiger partial charge >= 0.3 is 5.69 Å². The van der Waals surface area contributed by atoms with Crippen LogP contribution in [0.2, 0.25) is 0 Å². The summed E-state index contributed by atoms with van der Waals surface area (Å²) in [6, 6.07) is 2.49. The van der Waals surface area contributed by atoms with E-state index >= 15 is 0 Å². The van der Waals surface area contributed by atoms with Crippen LogP contribution in [0.1, 0.15) is 10.4 Å². The van der Waals surface area contributed by atoms with Crippen LogP contribution in [0.4, 0.5) is 11.4 Å². The molecule has 0 saturated heterocycles. The Balaban J connectivity index is 3.50. The number of hydrogen-bond acceptors (Lipinski definition) is 5. The third-order valence-corrected chi connectivity index (χ3v) is 2.16. The summed E-state index contributed by atoms with van der Waals surface area (Å²) < 4.78 is 4.81. The first-order chi connectivity index (χ1) is 7.51.